The van der Waals surface area contributed by atoms with Crippen molar-refractivity contribution in [1.29, 1.82) is 0 Å². The lowest BCUT2D eigenvalue weighted by molar-refractivity contribution is -0.0376. The van der Waals surface area contributed by atoms with Crippen LogP contribution in [0.1, 0.15) is 33.6 Å². The maximum atomic E-state index is 9.12. The number of rotatable bonds is 2. The van der Waals surface area contributed by atoms with E-state index in [4.69, 9.17) is 5.11 Å². The first-order valence-corrected chi connectivity index (χ1v) is 4.21. The van der Waals surface area contributed by atoms with Gasteiger partial charge in [0, 0.05) is 6.61 Å². The molecule has 1 rings (SSSR count). The Kier molecular flexibility index (Phi) is 2.04. The van der Waals surface area contributed by atoms with Crippen LogP contribution in [0.5, 0.6) is 0 Å². The molecule has 0 aliphatic heterocycles. The van der Waals surface area contributed by atoms with E-state index in [1.807, 2.05) is 0 Å². The summed E-state index contributed by atoms with van der Waals surface area (Å²) >= 11 is 0. The van der Waals surface area contributed by atoms with Crippen molar-refractivity contribution in [2.24, 2.45) is 17.3 Å². The van der Waals surface area contributed by atoms with Crippen LogP contribution in [0.4, 0.5) is 0 Å². The van der Waals surface area contributed by atoms with Gasteiger partial charge in [-0.15, -0.1) is 0 Å². The van der Waals surface area contributed by atoms with Gasteiger partial charge in [-0.3, -0.25) is 0 Å². The minimum Gasteiger partial charge on any atom is -0.396 e. The lowest BCUT2D eigenvalue weighted by atomic mass is 9.58. The van der Waals surface area contributed by atoms with Crippen molar-refractivity contribution in [3.8, 4) is 0 Å². The van der Waals surface area contributed by atoms with Gasteiger partial charge in [0.25, 0.3) is 0 Å². The van der Waals surface area contributed by atoms with E-state index in [2.05, 4.69) is 20.8 Å². The highest BCUT2D eigenvalue weighted by atomic mass is 16.3. The summed E-state index contributed by atoms with van der Waals surface area (Å²) in [5, 5.41) is 9.12. The number of aliphatic hydroxyl groups is 1. The van der Waals surface area contributed by atoms with Crippen LogP contribution < -0.4 is 0 Å². The minimum atomic E-state index is 0.291. The van der Waals surface area contributed by atoms with Crippen LogP contribution in [0.15, 0.2) is 0 Å². The summed E-state index contributed by atoms with van der Waals surface area (Å²) in [7, 11) is 0. The third-order valence-electron chi connectivity index (χ3n) is 3.05. The fourth-order valence-electron chi connectivity index (χ4n) is 2.11. The molecule has 0 amide bonds. The van der Waals surface area contributed by atoms with Crippen molar-refractivity contribution in [3.63, 3.8) is 0 Å². The zero-order chi connectivity index (χ0) is 7.78. The smallest absolute Gasteiger partial charge is 0.0490 e. The highest BCUT2D eigenvalue weighted by Crippen LogP contribution is 2.50. The molecule has 1 saturated carbocycles. The van der Waals surface area contributed by atoms with Crippen LogP contribution >= 0.6 is 0 Å². The predicted octanol–water partition coefficient (Wildman–Crippen LogP) is 2.05. The highest BCUT2D eigenvalue weighted by molar-refractivity contribution is 4.93. The molecule has 1 N–H and O–H groups in total. The van der Waals surface area contributed by atoms with Gasteiger partial charge >= 0.3 is 0 Å². The van der Waals surface area contributed by atoms with Crippen molar-refractivity contribution < 1.29 is 5.11 Å². The molecule has 0 aromatic heterocycles. The second kappa shape index (κ2) is 2.54. The third-order valence-corrected chi connectivity index (χ3v) is 3.05. The highest BCUT2D eigenvalue weighted by Gasteiger charge is 2.43. The number of hydrogen-bond acceptors (Lipinski definition) is 1. The second-order valence-electron chi connectivity index (χ2n) is 4.19. The summed E-state index contributed by atoms with van der Waals surface area (Å²) in [6.45, 7) is 7.06. The first-order valence-electron chi connectivity index (χ1n) is 4.21. The van der Waals surface area contributed by atoms with Gasteiger partial charge in [0.2, 0.25) is 0 Å². The Morgan fingerprint density at radius 2 is 2.00 bits per heavy atom. The molecule has 1 aliphatic carbocycles. The van der Waals surface area contributed by atoms with Gasteiger partial charge in [-0.05, 0) is 30.1 Å². The van der Waals surface area contributed by atoms with Crippen molar-refractivity contribution in [1.82, 2.24) is 0 Å². The third kappa shape index (κ3) is 1.07. The Bertz CT molecular complexity index is 112. The van der Waals surface area contributed by atoms with E-state index in [0.29, 0.717) is 17.9 Å². The molecule has 0 saturated heterocycles. The Morgan fingerprint density at radius 3 is 2.10 bits per heavy atom. The molecule has 0 unspecified atom stereocenters. The fourth-order valence-corrected chi connectivity index (χ4v) is 2.11. The molecule has 10 heavy (non-hydrogen) atoms. The van der Waals surface area contributed by atoms with Crippen LogP contribution in [0.25, 0.3) is 0 Å². The van der Waals surface area contributed by atoms with E-state index >= 15 is 0 Å². The van der Waals surface area contributed by atoms with Crippen molar-refractivity contribution in [2.45, 2.75) is 33.6 Å². The molecule has 0 atom stereocenters. The van der Waals surface area contributed by atoms with Crippen LogP contribution in [0.2, 0.25) is 0 Å². The zero-order valence-electron chi connectivity index (χ0n) is 7.22. The quantitative estimate of drug-likeness (QED) is 0.625. The average Bonchev–Trinajstić information content (AvgIpc) is 1.79. The Balaban J connectivity index is 2.48. The Morgan fingerprint density at radius 1 is 1.50 bits per heavy atom. The Hall–Kier alpha value is -0.0400. The largest absolute Gasteiger partial charge is 0.396 e. The lowest BCUT2D eigenvalue weighted by Gasteiger charge is -2.48. The summed E-state index contributed by atoms with van der Waals surface area (Å²) in [6.07, 6.45) is 2.45. The molecule has 0 spiro atoms. The fraction of sp³-hybridized carbons (Fsp3) is 1.00. The van der Waals surface area contributed by atoms with Crippen molar-refractivity contribution in [2.75, 3.05) is 6.61 Å². The van der Waals surface area contributed by atoms with E-state index in [-0.39, 0.29) is 0 Å². The van der Waals surface area contributed by atoms with Crippen LogP contribution in [-0.4, -0.2) is 11.7 Å². The molecule has 60 valence electrons. The summed E-state index contributed by atoms with van der Waals surface area (Å²) < 4.78 is 0. The maximum absolute atomic E-state index is 9.12. The standard InChI is InChI=1S/C9H18O/c1-7(2)9(6-10)4-8(3)5-9/h7-8,10H,4-6H2,1-3H3. The zero-order valence-corrected chi connectivity index (χ0v) is 7.22. The van der Waals surface area contributed by atoms with Crippen LogP contribution in [-0.2, 0) is 0 Å². The van der Waals surface area contributed by atoms with Crippen LogP contribution in [0.3, 0.4) is 0 Å². The lowest BCUT2D eigenvalue weighted by Crippen LogP contribution is -2.43. The molecular formula is C9H18O. The first-order chi connectivity index (χ1) is 4.60. The number of hydrogen-bond donors (Lipinski definition) is 1. The van der Waals surface area contributed by atoms with E-state index in [9.17, 15) is 0 Å². The van der Waals surface area contributed by atoms with Gasteiger partial charge in [0.05, 0.1) is 0 Å². The van der Waals surface area contributed by atoms with E-state index < -0.39 is 0 Å². The van der Waals surface area contributed by atoms with E-state index in [1.165, 1.54) is 12.8 Å². The molecule has 0 radical (unpaired) electrons. The SMILES string of the molecule is CC1CC(CO)(C(C)C)C1. The monoisotopic (exact) mass is 142 g/mol. The summed E-state index contributed by atoms with van der Waals surface area (Å²) in [5.41, 5.74) is 0.291. The van der Waals surface area contributed by atoms with Crippen LogP contribution in [0, 0.1) is 17.3 Å². The maximum Gasteiger partial charge on any atom is 0.0490 e. The molecular weight excluding hydrogens is 124 g/mol. The van der Waals surface area contributed by atoms with Gasteiger partial charge in [-0.2, -0.15) is 0 Å². The Labute approximate surface area is 63.4 Å². The second-order valence-corrected chi connectivity index (χ2v) is 4.19. The normalized spacial score (nSPS) is 39.9. The van der Waals surface area contributed by atoms with Gasteiger partial charge < -0.3 is 5.11 Å². The molecule has 1 heteroatoms. The minimum absolute atomic E-state index is 0.291. The van der Waals surface area contributed by atoms with Gasteiger partial charge in [-0.25, -0.2) is 0 Å². The van der Waals surface area contributed by atoms with Gasteiger partial charge in [-0.1, -0.05) is 20.8 Å². The molecule has 1 aliphatic rings. The summed E-state index contributed by atoms with van der Waals surface area (Å²) in [5.74, 6) is 1.49. The molecule has 1 nitrogen and oxygen atoms in total. The summed E-state index contributed by atoms with van der Waals surface area (Å²) in [6, 6.07) is 0. The number of aliphatic hydroxyl groups excluding tert-OH is 1. The van der Waals surface area contributed by atoms with Gasteiger partial charge in [0.15, 0.2) is 0 Å². The summed E-state index contributed by atoms with van der Waals surface area (Å²) in [4.78, 5) is 0. The predicted molar refractivity (Wildman–Crippen MR) is 42.8 cm³/mol. The van der Waals surface area contributed by atoms with Gasteiger partial charge in [0.1, 0.15) is 0 Å². The molecule has 0 aromatic rings. The molecule has 1 fully saturated rings. The molecule has 0 bridgehead atoms. The van der Waals surface area contributed by atoms with Crippen molar-refractivity contribution in [3.05, 3.63) is 0 Å². The average molecular weight is 142 g/mol. The topological polar surface area (TPSA) is 20.2 Å². The van der Waals surface area contributed by atoms with E-state index in [0.717, 1.165) is 5.92 Å². The molecule has 0 heterocycles. The van der Waals surface area contributed by atoms with Crippen molar-refractivity contribution >= 4 is 0 Å². The first kappa shape index (κ1) is 8.06. The molecule has 0 aromatic carbocycles. The van der Waals surface area contributed by atoms with E-state index in [1.54, 1.807) is 0 Å².